The molecule has 0 N–H and O–H groups in total. The third-order valence-electron chi connectivity index (χ3n) is 14.3. The van der Waals surface area contributed by atoms with E-state index in [1.807, 2.05) is 0 Å². The van der Waals surface area contributed by atoms with E-state index >= 15 is 0 Å². The van der Waals surface area contributed by atoms with Gasteiger partial charge in [-0.15, -0.1) is 0 Å². The van der Waals surface area contributed by atoms with E-state index < -0.39 is 104 Å². The minimum absolute atomic E-state index is 0.0240. The maximum absolute atomic E-state index is 12.2. The van der Waals surface area contributed by atoms with E-state index in [0.29, 0.717) is 116 Å². The second-order valence-corrected chi connectivity index (χ2v) is 64.6. The van der Waals surface area contributed by atoms with Crippen LogP contribution in [0.5, 0.6) is 0 Å². The molecule has 0 amide bonds. The van der Waals surface area contributed by atoms with Gasteiger partial charge in [0.1, 0.15) is 19.8 Å². The minimum atomic E-state index is -4.36. The molecule has 0 aromatic carbocycles. The van der Waals surface area contributed by atoms with Gasteiger partial charge in [0.05, 0.1) is 19.8 Å². The molecule has 3 rings (SSSR count). The van der Waals surface area contributed by atoms with Crippen molar-refractivity contribution in [2.24, 2.45) is 41.4 Å². The molecule has 0 aliphatic carbocycles. The molecule has 21 nitrogen and oxygen atoms in total. The zero-order valence-corrected chi connectivity index (χ0v) is 71.3. The molecule has 4 bridgehead atoms. The monoisotopic (exact) mass is 1470 g/mol. The summed E-state index contributed by atoms with van der Waals surface area (Å²) in [6, 6.07) is 4.52. The van der Waals surface area contributed by atoms with Crippen LogP contribution in [0.3, 0.4) is 0 Å². The summed E-state index contributed by atoms with van der Waals surface area (Å²) in [5, 5.41) is 0. The van der Waals surface area contributed by atoms with Crippen molar-refractivity contribution >= 4 is 104 Å². The molecule has 0 aromatic heterocycles. The molecule has 92 heavy (non-hydrogen) atoms. The fraction of sp³-hybridized carbons (Fsp3) is 0.852. The van der Waals surface area contributed by atoms with Gasteiger partial charge in [-0.05, 0) is 139 Å². The van der Waals surface area contributed by atoms with Crippen LogP contribution in [0.2, 0.25) is 99.7 Å². The van der Waals surface area contributed by atoms with E-state index in [1.54, 1.807) is 20.8 Å². The topological polar surface area (TPSA) is 217 Å². The number of rotatable bonds is 44. The Morgan fingerprint density at radius 1 is 0.315 bits per heavy atom. The largest absolute Gasteiger partial charge is 0.479 e. The van der Waals surface area contributed by atoms with Crippen molar-refractivity contribution in [1.82, 2.24) is 0 Å². The quantitative estimate of drug-likeness (QED) is 0.0182. The summed E-state index contributed by atoms with van der Waals surface area (Å²) in [5.74, 6) is -1.57. The molecule has 3 aliphatic rings. The van der Waals surface area contributed by atoms with Crippen molar-refractivity contribution in [2.45, 2.75) is 237 Å². The van der Waals surface area contributed by atoms with Crippen molar-refractivity contribution in [3.63, 3.8) is 0 Å². The Labute approximate surface area is 567 Å². The van der Waals surface area contributed by atoms with E-state index in [0.717, 1.165) is 0 Å². The van der Waals surface area contributed by atoms with Crippen LogP contribution >= 0.6 is 0 Å². The SMILES string of the molecule is C=C(C)C(=O)OCCOCCC[Si](C)(C)O[Si]1(CC(C)C)O[Si]2(CC(C)C)O[Si](CC(C)C)(O[Si](C)(C)CCCOCCOC(=O)C(=C)C)O[Si]3(CC(C)C)O[Si](CC(C)C)(O[Si](C)(C)CCCOCCOC(=O)C(=C)C)O[Si](CC(C)C)(O1)O[Si](CC(C)C)(O2)O3. The highest BCUT2D eigenvalue weighted by Crippen LogP contribution is 2.53. The first kappa shape index (κ1) is 85.4. The van der Waals surface area contributed by atoms with E-state index in [1.165, 1.54) is 0 Å². The van der Waals surface area contributed by atoms with Gasteiger partial charge in [0, 0.05) is 78.8 Å². The highest BCUT2D eigenvalue weighted by Gasteiger charge is 2.79. The van der Waals surface area contributed by atoms with E-state index in [4.69, 9.17) is 77.8 Å². The second-order valence-electron chi connectivity index (χ2n) is 30.4. The summed E-state index contributed by atoms with van der Waals surface area (Å²) in [4.78, 5) is 36.5. The number of carbonyl (C=O) groups is 3. The van der Waals surface area contributed by atoms with Crippen molar-refractivity contribution < 1.29 is 92.2 Å². The fourth-order valence-electron chi connectivity index (χ4n) is 11.4. The van der Waals surface area contributed by atoms with E-state index in [9.17, 15) is 14.4 Å². The van der Waals surface area contributed by atoms with Gasteiger partial charge in [0.25, 0.3) is 0 Å². The first-order chi connectivity index (χ1) is 42.4. The first-order valence-electron chi connectivity index (χ1n) is 34.0. The van der Waals surface area contributed by atoms with Crippen LogP contribution in [-0.2, 0) is 92.2 Å². The van der Waals surface area contributed by atoms with Gasteiger partial charge in [-0.2, -0.15) is 0 Å². The van der Waals surface area contributed by atoms with Crippen molar-refractivity contribution in [3.05, 3.63) is 36.5 Å². The molecule has 0 radical (unpaired) electrons. The maximum atomic E-state index is 12.2. The summed E-state index contributed by atoms with van der Waals surface area (Å²) in [7, 11) is -39.0. The molecular formula is C61H126O21Si10. The lowest BCUT2D eigenvalue weighted by Gasteiger charge is -2.60. The fourth-order valence-corrected chi connectivity index (χ4v) is 68.2. The molecule has 0 saturated carbocycles. The molecule has 3 aliphatic heterocycles. The predicted molar refractivity (Wildman–Crippen MR) is 381 cm³/mol. The van der Waals surface area contributed by atoms with Crippen LogP contribution in [0.25, 0.3) is 0 Å². The first-order valence-corrected chi connectivity index (χ1v) is 56.9. The molecule has 3 fully saturated rings. The van der Waals surface area contributed by atoms with Crippen molar-refractivity contribution in [1.29, 1.82) is 0 Å². The number of hydrogen-bond acceptors (Lipinski definition) is 21. The Morgan fingerprint density at radius 2 is 0.511 bits per heavy atom. The summed E-state index contributed by atoms with van der Waals surface area (Å²) >= 11 is 0. The molecule has 0 spiro atoms. The Morgan fingerprint density at radius 3 is 0.696 bits per heavy atom. The molecule has 3 saturated heterocycles. The van der Waals surface area contributed by atoms with Crippen LogP contribution in [0.15, 0.2) is 36.5 Å². The van der Waals surface area contributed by atoms with Crippen LogP contribution in [0.4, 0.5) is 0 Å². The molecular weight excluding hydrogens is 1350 g/mol. The maximum Gasteiger partial charge on any atom is 0.479 e. The molecule has 536 valence electrons. The summed E-state index contributed by atoms with van der Waals surface area (Å²) in [5.41, 5.74) is 1.00. The van der Waals surface area contributed by atoms with E-state index in [2.05, 4.69) is 156 Å². The summed E-state index contributed by atoms with van der Waals surface area (Å²) in [6.07, 6.45) is 1.97. The number of ether oxygens (including phenoxy) is 6. The third-order valence-corrected chi connectivity index (χ3v) is 61.0. The molecule has 3 heterocycles. The third kappa shape index (κ3) is 30.4. The van der Waals surface area contributed by atoms with Gasteiger partial charge in [-0.1, -0.05) is 117 Å². The zero-order valence-electron chi connectivity index (χ0n) is 61.3. The smallest absolute Gasteiger partial charge is 0.460 e. The summed E-state index contributed by atoms with van der Waals surface area (Å²) < 4.78 is 133. The molecule has 31 heteroatoms. The lowest BCUT2D eigenvalue weighted by atomic mass is 10.3. The number of carbonyl (C=O) groups excluding carboxylic acids is 3. The Kier molecular flexibility index (Phi) is 34.9. The van der Waals surface area contributed by atoms with Crippen LogP contribution in [0, 0.1) is 41.4 Å². The van der Waals surface area contributed by atoms with Gasteiger partial charge in [0.2, 0.25) is 0 Å². The lowest BCUT2D eigenvalue weighted by molar-refractivity contribution is -0.141. The van der Waals surface area contributed by atoms with Gasteiger partial charge >= 0.3 is 79.5 Å². The number of hydrogen-bond donors (Lipinski definition) is 0. The number of esters is 3. The predicted octanol–water partition coefficient (Wildman–Crippen LogP) is 14.6. The van der Waals surface area contributed by atoms with Crippen LogP contribution in [-0.4, -0.2) is 164 Å². The minimum Gasteiger partial charge on any atom is -0.460 e. The highest BCUT2D eigenvalue weighted by molar-refractivity contribution is 7.01. The van der Waals surface area contributed by atoms with Crippen molar-refractivity contribution in [2.75, 3.05) is 59.5 Å². The molecule has 0 atom stereocenters. The average molecular weight is 1480 g/mol. The van der Waals surface area contributed by atoms with Crippen molar-refractivity contribution in [3.8, 4) is 0 Å². The highest BCUT2D eigenvalue weighted by atomic mass is 28.6. The van der Waals surface area contributed by atoms with Gasteiger partial charge in [-0.3, -0.25) is 0 Å². The van der Waals surface area contributed by atoms with Crippen LogP contribution < -0.4 is 0 Å². The van der Waals surface area contributed by atoms with Gasteiger partial charge < -0.3 is 77.8 Å². The second kappa shape index (κ2) is 37.6. The lowest BCUT2D eigenvalue weighted by Crippen LogP contribution is -2.84. The standard InChI is InChI=1S/C61H126O21Si10/c1-49(2)42-86(71-83(21,22)39-27-30-65-33-36-68-59(62)56(15)16)74-89(45-52(7)8)76-87(43-50(3)4,72-84(23,24)40-28-31-66-34-37-69-60(63)57(17)18)78-91(47-54(11)12)79-88(44-51(5)6,73-85(25,26)41-29-32-67-35-38-70-61(64)58(19)20)77-90(75-86,46-53(9)10)81-92(80-89,82-91)48-55(13)14/h49-55H,15,17,19,27-48H2,1-14,16,18,20-26H3. The molecule has 0 unspecified atom stereocenters. The Hall–Kier alpha value is -0.801. The van der Waals surface area contributed by atoms with Gasteiger partial charge in [-0.25, -0.2) is 14.4 Å². The van der Waals surface area contributed by atoms with Crippen LogP contribution in [0.1, 0.15) is 137 Å². The normalized spacial score (nSPS) is 26.5. The zero-order chi connectivity index (χ0) is 69.8. The number of fused-ring (bicyclic) bond motifs is 3. The Bertz CT molecular complexity index is 2080. The van der Waals surface area contributed by atoms with E-state index in [-0.39, 0.29) is 81.1 Å². The average Bonchev–Trinajstić information content (AvgIpc) is 0.704. The summed E-state index contributed by atoms with van der Waals surface area (Å²) in [6.45, 7) is 61.7. The Balaban J connectivity index is 2.57. The molecule has 0 aromatic rings. The van der Waals surface area contributed by atoms with Gasteiger partial charge in [0.15, 0.2) is 25.0 Å².